The molecule has 2 nitrogen and oxygen atoms in total. The van der Waals surface area contributed by atoms with Crippen LogP contribution >= 0.6 is 0 Å². The molecule has 4 unspecified atom stereocenters. The topological polar surface area (TPSA) is 38.9 Å². The first kappa shape index (κ1) is 14.1. The summed E-state index contributed by atoms with van der Waals surface area (Å²) in [5.74, 6) is 2.52. The van der Waals surface area contributed by atoms with E-state index in [0.717, 1.165) is 18.8 Å². The zero-order valence-corrected chi connectivity index (χ0v) is 13.1. The first-order valence-electron chi connectivity index (χ1n) is 8.25. The largest absolute Gasteiger partial charge is 0.324 e. The van der Waals surface area contributed by atoms with Crippen molar-refractivity contribution in [3.63, 3.8) is 0 Å². The second-order valence-electron chi connectivity index (χ2n) is 7.49. The minimum atomic E-state index is -0.0502. The lowest BCUT2D eigenvalue weighted by Crippen LogP contribution is -2.56. The summed E-state index contributed by atoms with van der Waals surface area (Å²) in [7, 11) is 0. The molecule has 0 amide bonds. The Morgan fingerprint density at radius 1 is 1.30 bits per heavy atom. The Morgan fingerprint density at radius 2 is 2.10 bits per heavy atom. The molecule has 2 N–H and O–H groups in total. The number of hydrogen-bond donors (Lipinski definition) is 1. The molecule has 0 bridgehead atoms. The van der Waals surface area contributed by atoms with Gasteiger partial charge in [0, 0.05) is 23.3 Å². The van der Waals surface area contributed by atoms with Crippen molar-refractivity contribution >= 4 is 0 Å². The molecular weight excluding hydrogens is 244 g/mol. The smallest absolute Gasteiger partial charge is 0.0484 e. The number of aromatic nitrogens is 1. The summed E-state index contributed by atoms with van der Waals surface area (Å²) in [6.45, 7) is 7.06. The van der Waals surface area contributed by atoms with Crippen molar-refractivity contribution in [3.8, 4) is 0 Å². The number of nitrogens with zero attached hydrogens (tertiary/aromatic N) is 1. The fraction of sp³-hybridized carbons (Fsp3) is 0.722. The third-order valence-corrected chi connectivity index (χ3v) is 5.77. The molecule has 0 saturated heterocycles. The van der Waals surface area contributed by atoms with Gasteiger partial charge in [-0.1, -0.05) is 33.3 Å². The number of hydrogen-bond acceptors (Lipinski definition) is 2. The normalized spacial score (nSPS) is 37.1. The van der Waals surface area contributed by atoms with E-state index >= 15 is 0 Å². The van der Waals surface area contributed by atoms with Gasteiger partial charge in [-0.2, -0.15) is 0 Å². The van der Waals surface area contributed by atoms with Crippen molar-refractivity contribution in [3.05, 3.63) is 29.6 Å². The minimum Gasteiger partial charge on any atom is -0.324 e. The van der Waals surface area contributed by atoms with E-state index in [4.69, 9.17) is 10.7 Å². The van der Waals surface area contributed by atoms with Gasteiger partial charge in [-0.05, 0) is 55.1 Å². The van der Waals surface area contributed by atoms with Gasteiger partial charge in [0.25, 0.3) is 0 Å². The molecule has 2 heteroatoms. The second kappa shape index (κ2) is 5.14. The first-order valence-corrected chi connectivity index (χ1v) is 8.25. The van der Waals surface area contributed by atoms with Crippen LogP contribution in [0.2, 0.25) is 0 Å². The quantitative estimate of drug-likeness (QED) is 0.886. The summed E-state index contributed by atoms with van der Waals surface area (Å²) in [4.78, 5) is 4.70. The van der Waals surface area contributed by atoms with Crippen molar-refractivity contribution < 1.29 is 0 Å². The number of rotatable bonds is 2. The fourth-order valence-corrected chi connectivity index (χ4v) is 4.88. The molecule has 0 aromatic carbocycles. The van der Waals surface area contributed by atoms with Crippen LogP contribution in [0.15, 0.2) is 18.3 Å². The summed E-state index contributed by atoms with van der Waals surface area (Å²) in [6, 6.07) is 4.30. The van der Waals surface area contributed by atoms with Crippen LogP contribution in [0.1, 0.15) is 63.6 Å². The van der Waals surface area contributed by atoms with Crippen LogP contribution in [0.25, 0.3) is 0 Å². The maximum atomic E-state index is 7.07. The van der Waals surface area contributed by atoms with Crippen molar-refractivity contribution in [1.82, 2.24) is 4.98 Å². The zero-order chi connectivity index (χ0) is 14.3. The van der Waals surface area contributed by atoms with Gasteiger partial charge in [0.05, 0.1) is 0 Å². The van der Waals surface area contributed by atoms with Gasteiger partial charge in [-0.25, -0.2) is 0 Å². The number of aryl methyl sites for hydroxylation is 1. The highest BCUT2D eigenvalue weighted by Crippen LogP contribution is 2.50. The van der Waals surface area contributed by atoms with Crippen LogP contribution < -0.4 is 5.73 Å². The molecule has 20 heavy (non-hydrogen) atoms. The lowest BCUT2D eigenvalue weighted by atomic mass is 9.60. The Bertz CT molecular complexity index is 482. The van der Waals surface area contributed by atoms with E-state index in [0.29, 0.717) is 17.8 Å². The molecule has 0 radical (unpaired) electrons. The lowest BCUT2D eigenvalue weighted by molar-refractivity contribution is 0.0836. The van der Waals surface area contributed by atoms with E-state index in [1.54, 1.807) is 0 Å². The molecule has 2 aliphatic rings. The van der Waals surface area contributed by atoms with Crippen molar-refractivity contribution in [2.75, 3.05) is 0 Å². The van der Waals surface area contributed by atoms with Gasteiger partial charge in [0.1, 0.15) is 0 Å². The van der Waals surface area contributed by atoms with Crippen LogP contribution in [-0.4, -0.2) is 10.5 Å². The van der Waals surface area contributed by atoms with Crippen LogP contribution in [-0.2, 0) is 6.42 Å². The Kier molecular flexibility index (Phi) is 3.62. The van der Waals surface area contributed by atoms with Crippen LogP contribution in [0.3, 0.4) is 0 Å². The molecule has 1 fully saturated rings. The highest BCUT2D eigenvalue weighted by atomic mass is 14.8. The first-order chi connectivity index (χ1) is 9.52. The number of nitrogens with two attached hydrogens (primary N) is 1. The van der Waals surface area contributed by atoms with Crippen LogP contribution in [0, 0.1) is 17.8 Å². The molecule has 1 saturated carbocycles. The summed E-state index contributed by atoms with van der Waals surface area (Å²) in [6.07, 6.45) is 8.08. The van der Waals surface area contributed by atoms with Gasteiger partial charge in [0.15, 0.2) is 0 Å². The fourth-order valence-electron chi connectivity index (χ4n) is 4.88. The minimum absolute atomic E-state index is 0.0502. The lowest BCUT2D eigenvalue weighted by Gasteiger charge is -2.49. The molecule has 3 rings (SSSR count). The molecule has 0 aliphatic heterocycles. The molecule has 110 valence electrons. The van der Waals surface area contributed by atoms with E-state index in [-0.39, 0.29) is 5.54 Å². The van der Waals surface area contributed by atoms with Gasteiger partial charge >= 0.3 is 0 Å². The van der Waals surface area contributed by atoms with Crippen LogP contribution in [0.4, 0.5) is 0 Å². The van der Waals surface area contributed by atoms with E-state index in [1.807, 2.05) is 6.20 Å². The van der Waals surface area contributed by atoms with Gasteiger partial charge in [0.2, 0.25) is 0 Å². The third-order valence-electron chi connectivity index (χ3n) is 5.77. The Labute approximate surface area is 123 Å². The molecule has 1 aromatic heterocycles. The average Bonchev–Trinajstić information content (AvgIpc) is 2.82. The number of fused-ring (bicyclic) bond motifs is 1. The average molecular weight is 272 g/mol. The predicted molar refractivity (Wildman–Crippen MR) is 83.6 cm³/mol. The molecule has 0 spiro atoms. The van der Waals surface area contributed by atoms with Crippen molar-refractivity contribution in [2.45, 2.75) is 64.3 Å². The summed E-state index contributed by atoms with van der Waals surface area (Å²) >= 11 is 0. The SMILES string of the molecule is CC1CCC(C(C)C)C(N)(C2CCc3cccnc32)C1. The maximum Gasteiger partial charge on any atom is 0.0484 e. The van der Waals surface area contributed by atoms with E-state index in [1.165, 1.54) is 30.5 Å². The Morgan fingerprint density at radius 3 is 2.85 bits per heavy atom. The van der Waals surface area contributed by atoms with Crippen molar-refractivity contribution in [2.24, 2.45) is 23.5 Å². The Balaban J connectivity index is 1.97. The van der Waals surface area contributed by atoms with Gasteiger partial charge in [-0.3, -0.25) is 4.98 Å². The maximum absolute atomic E-state index is 7.07. The monoisotopic (exact) mass is 272 g/mol. The molecular formula is C18H28N2. The molecule has 1 aromatic rings. The van der Waals surface area contributed by atoms with E-state index < -0.39 is 0 Å². The highest BCUT2D eigenvalue weighted by molar-refractivity contribution is 5.32. The molecule has 2 aliphatic carbocycles. The predicted octanol–water partition coefficient (Wildman–Crippen LogP) is 3.90. The summed E-state index contributed by atoms with van der Waals surface area (Å²) in [5, 5.41) is 0. The molecule has 1 heterocycles. The van der Waals surface area contributed by atoms with Gasteiger partial charge < -0.3 is 5.73 Å². The second-order valence-corrected chi connectivity index (χ2v) is 7.49. The summed E-state index contributed by atoms with van der Waals surface area (Å²) in [5.41, 5.74) is 9.76. The Hall–Kier alpha value is -0.890. The van der Waals surface area contributed by atoms with E-state index in [2.05, 4.69) is 32.9 Å². The highest BCUT2D eigenvalue weighted by Gasteiger charge is 2.49. The van der Waals surface area contributed by atoms with Gasteiger partial charge in [-0.15, -0.1) is 0 Å². The zero-order valence-electron chi connectivity index (χ0n) is 13.1. The number of pyridine rings is 1. The van der Waals surface area contributed by atoms with Crippen LogP contribution in [0.5, 0.6) is 0 Å². The van der Waals surface area contributed by atoms with E-state index in [9.17, 15) is 0 Å². The third kappa shape index (κ3) is 2.18. The standard InChI is InChI=1S/C18H28N2/c1-12(2)15-8-6-13(3)11-18(15,19)16-9-7-14-5-4-10-20-17(14)16/h4-5,10,12-13,15-16H,6-9,11,19H2,1-3H3. The molecule has 4 atom stereocenters. The summed E-state index contributed by atoms with van der Waals surface area (Å²) < 4.78 is 0. The van der Waals surface area contributed by atoms with Crippen molar-refractivity contribution in [1.29, 1.82) is 0 Å².